The lowest BCUT2D eigenvalue weighted by Crippen LogP contribution is -2.50. The largest absolute Gasteiger partial charge is 0.378 e. The van der Waals surface area contributed by atoms with E-state index in [1.54, 1.807) is 19.2 Å². The van der Waals surface area contributed by atoms with Crippen molar-refractivity contribution in [3.63, 3.8) is 0 Å². The smallest absolute Gasteiger partial charge is 0.152 e. The van der Waals surface area contributed by atoms with Gasteiger partial charge in [0, 0.05) is 29.8 Å². The van der Waals surface area contributed by atoms with Crippen molar-refractivity contribution in [1.29, 1.82) is 0 Å². The zero-order valence-corrected chi connectivity index (χ0v) is 15.8. The number of nitrogens with zero attached hydrogens (tertiary/aromatic N) is 2. The second-order valence-electron chi connectivity index (χ2n) is 7.80. The first-order valence-electron chi connectivity index (χ1n) is 9.49. The summed E-state index contributed by atoms with van der Waals surface area (Å²) in [5, 5.41) is 12.4. The van der Waals surface area contributed by atoms with Gasteiger partial charge in [0.25, 0.3) is 0 Å². The second-order valence-corrected chi connectivity index (χ2v) is 7.80. The number of methoxy groups -OCH3 is 1. The predicted molar refractivity (Wildman–Crippen MR) is 104 cm³/mol. The van der Waals surface area contributed by atoms with Crippen LogP contribution in [0.25, 0.3) is 11.3 Å². The Hall–Kier alpha value is -2.45. The van der Waals surface area contributed by atoms with E-state index in [1.807, 2.05) is 0 Å². The molecule has 0 unspecified atom stereocenters. The number of benzene rings is 1. The lowest BCUT2D eigenvalue weighted by Gasteiger charge is -2.44. The van der Waals surface area contributed by atoms with Gasteiger partial charge in [0.1, 0.15) is 5.82 Å². The highest BCUT2D eigenvalue weighted by Gasteiger charge is 2.41. The molecule has 1 fully saturated rings. The second kappa shape index (κ2) is 6.94. The molecule has 27 heavy (non-hydrogen) atoms. The summed E-state index contributed by atoms with van der Waals surface area (Å²) in [5.41, 5.74) is 3.89. The third-order valence-corrected chi connectivity index (χ3v) is 5.87. The van der Waals surface area contributed by atoms with Gasteiger partial charge in [0.15, 0.2) is 5.82 Å². The minimum absolute atomic E-state index is 0.0486. The first-order valence-corrected chi connectivity index (χ1v) is 9.49. The highest BCUT2D eigenvalue weighted by molar-refractivity contribution is 5.69. The van der Waals surface area contributed by atoms with E-state index in [2.05, 4.69) is 28.4 Å². The molecule has 1 heterocycles. The highest BCUT2D eigenvalue weighted by atomic mass is 19.1. The molecular weight excluding hydrogens is 341 g/mol. The molecular formula is C22H24FN3O. The minimum atomic E-state index is -0.344. The normalized spacial score (nSPS) is 23.9. The fourth-order valence-electron chi connectivity index (χ4n) is 4.22. The van der Waals surface area contributed by atoms with Crippen LogP contribution in [0.5, 0.6) is 0 Å². The van der Waals surface area contributed by atoms with Crippen molar-refractivity contribution in [3.8, 4) is 23.6 Å². The molecule has 140 valence electrons. The van der Waals surface area contributed by atoms with Crippen LogP contribution in [0.1, 0.15) is 49.3 Å². The number of hydrogen-bond donors (Lipinski definition) is 1. The molecule has 2 aliphatic carbocycles. The van der Waals surface area contributed by atoms with Crippen LogP contribution in [-0.4, -0.2) is 29.0 Å². The van der Waals surface area contributed by atoms with Gasteiger partial charge in [-0.25, -0.2) is 4.39 Å². The van der Waals surface area contributed by atoms with Crippen LogP contribution in [0.3, 0.4) is 0 Å². The van der Waals surface area contributed by atoms with E-state index < -0.39 is 0 Å². The Morgan fingerprint density at radius 3 is 2.63 bits per heavy atom. The van der Waals surface area contributed by atoms with Gasteiger partial charge < -0.3 is 10.1 Å². The Balaban J connectivity index is 1.67. The molecule has 0 spiro atoms. The van der Waals surface area contributed by atoms with Gasteiger partial charge in [-0.2, -0.15) is 0 Å². The van der Waals surface area contributed by atoms with Gasteiger partial charge in [-0.15, -0.1) is 16.6 Å². The lowest BCUT2D eigenvalue weighted by molar-refractivity contribution is -0.0625. The maximum Gasteiger partial charge on any atom is 0.152 e. The zero-order chi connectivity index (χ0) is 19.0. The third kappa shape index (κ3) is 3.30. The van der Waals surface area contributed by atoms with E-state index in [1.165, 1.54) is 11.6 Å². The monoisotopic (exact) mass is 365 g/mol. The number of halogens is 1. The van der Waals surface area contributed by atoms with E-state index in [4.69, 9.17) is 11.2 Å². The fourth-order valence-corrected chi connectivity index (χ4v) is 4.22. The fraction of sp³-hybridized carbons (Fsp3) is 0.455. The zero-order valence-electron chi connectivity index (χ0n) is 15.8. The summed E-state index contributed by atoms with van der Waals surface area (Å²) in [4.78, 5) is 0. The number of nitrogens with one attached hydrogen (secondary N) is 1. The van der Waals surface area contributed by atoms with Crippen LogP contribution >= 0.6 is 0 Å². The molecule has 0 amide bonds. The van der Waals surface area contributed by atoms with E-state index in [9.17, 15) is 4.39 Å². The molecule has 5 heteroatoms. The lowest BCUT2D eigenvalue weighted by atomic mass is 9.77. The summed E-state index contributed by atoms with van der Waals surface area (Å²) < 4.78 is 20.1. The summed E-state index contributed by atoms with van der Waals surface area (Å²) in [6.45, 7) is 2.12. The summed E-state index contributed by atoms with van der Waals surface area (Å²) in [6.07, 6.45) is 11.3. The molecule has 0 bridgehead atoms. The van der Waals surface area contributed by atoms with Crippen molar-refractivity contribution in [2.45, 2.75) is 57.1 Å². The number of ether oxygens (including phenoxy) is 1. The average Bonchev–Trinajstić information content (AvgIpc) is 2.67. The Bertz CT molecular complexity index is 913. The first-order chi connectivity index (χ1) is 13.0. The molecule has 4 nitrogen and oxygen atoms in total. The van der Waals surface area contributed by atoms with Crippen LogP contribution in [0.2, 0.25) is 0 Å². The maximum atomic E-state index is 14.6. The van der Waals surface area contributed by atoms with Crippen molar-refractivity contribution < 1.29 is 9.13 Å². The summed E-state index contributed by atoms with van der Waals surface area (Å²) >= 11 is 0. The van der Waals surface area contributed by atoms with E-state index in [0.29, 0.717) is 22.9 Å². The molecule has 0 aliphatic heterocycles. The average molecular weight is 365 g/mol. The standard InChI is InChI=1S/C22H24FN3O/c1-4-14-9-10-18(19(23)11-14)20-16-7-5-6-8-17(16)21(26-25-20)24-15-12-22(2,13-15)27-3/h1,9-11,15H,5-8,12-13H2,2-3H3,(H,24,26). The molecule has 0 radical (unpaired) electrons. The Kier molecular flexibility index (Phi) is 4.61. The van der Waals surface area contributed by atoms with E-state index in [0.717, 1.165) is 49.9 Å². The summed E-state index contributed by atoms with van der Waals surface area (Å²) in [7, 11) is 1.76. The predicted octanol–water partition coefficient (Wildman–Crippen LogP) is 4.12. The van der Waals surface area contributed by atoms with Crippen LogP contribution in [0.4, 0.5) is 10.2 Å². The van der Waals surface area contributed by atoms with Crippen molar-refractivity contribution in [2.75, 3.05) is 12.4 Å². The number of hydrogen-bond acceptors (Lipinski definition) is 4. The van der Waals surface area contributed by atoms with Crippen LogP contribution < -0.4 is 5.32 Å². The minimum Gasteiger partial charge on any atom is -0.378 e. The first kappa shape index (κ1) is 17.9. The van der Waals surface area contributed by atoms with E-state index in [-0.39, 0.29) is 11.4 Å². The SMILES string of the molecule is C#Cc1ccc(-c2nnc(NC3CC(C)(OC)C3)c3c2CCCC3)c(F)c1. The Labute approximate surface area is 159 Å². The molecule has 1 aromatic heterocycles. The number of aromatic nitrogens is 2. The van der Waals surface area contributed by atoms with Gasteiger partial charge in [0.2, 0.25) is 0 Å². The van der Waals surface area contributed by atoms with Crippen molar-refractivity contribution >= 4 is 5.82 Å². The maximum absolute atomic E-state index is 14.6. The molecule has 4 rings (SSSR count). The van der Waals surface area contributed by atoms with Gasteiger partial charge >= 0.3 is 0 Å². The third-order valence-electron chi connectivity index (χ3n) is 5.87. The number of terminal acetylenes is 1. The molecule has 2 aromatic rings. The van der Waals surface area contributed by atoms with Crippen molar-refractivity contribution in [2.24, 2.45) is 0 Å². The van der Waals surface area contributed by atoms with Gasteiger partial charge in [0.05, 0.1) is 11.3 Å². The number of rotatable bonds is 4. The topological polar surface area (TPSA) is 47.0 Å². The molecule has 0 saturated heterocycles. The van der Waals surface area contributed by atoms with Crippen molar-refractivity contribution in [1.82, 2.24) is 10.2 Å². The van der Waals surface area contributed by atoms with Gasteiger partial charge in [-0.3, -0.25) is 0 Å². The van der Waals surface area contributed by atoms with Crippen LogP contribution in [-0.2, 0) is 17.6 Å². The van der Waals surface area contributed by atoms with Crippen molar-refractivity contribution in [3.05, 3.63) is 40.7 Å². The Morgan fingerprint density at radius 1 is 1.22 bits per heavy atom. The van der Waals surface area contributed by atoms with E-state index >= 15 is 0 Å². The molecule has 1 saturated carbocycles. The molecule has 2 aliphatic rings. The Morgan fingerprint density at radius 2 is 1.96 bits per heavy atom. The molecule has 1 aromatic carbocycles. The summed E-state index contributed by atoms with van der Waals surface area (Å²) in [6, 6.07) is 5.19. The number of anilines is 1. The molecule has 0 atom stereocenters. The van der Waals surface area contributed by atoms with Crippen LogP contribution in [0.15, 0.2) is 18.2 Å². The summed E-state index contributed by atoms with van der Waals surface area (Å²) in [5.74, 6) is 2.97. The highest BCUT2D eigenvalue weighted by Crippen LogP contribution is 2.39. The number of fused-ring (bicyclic) bond motifs is 1. The van der Waals surface area contributed by atoms with Crippen LogP contribution in [0, 0.1) is 18.2 Å². The quantitative estimate of drug-likeness (QED) is 0.828. The van der Waals surface area contributed by atoms with Gasteiger partial charge in [-0.05, 0) is 69.2 Å². The molecule has 1 N–H and O–H groups in total. The van der Waals surface area contributed by atoms with Gasteiger partial charge in [-0.1, -0.05) is 5.92 Å².